The molecular formula is C17H26N4O2. The lowest BCUT2D eigenvalue weighted by molar-refractivity contribution is -0.139. The Morgan fingerprint density at radius 3 is 2.13 bits per heavy atom. The molecule has 1 rings (SSSR count). The number of nitrogens with zero attached hydrogens (tertiary/aromatic N) is 2. The zero-order valence-electron chi connectivity index (χ0n) is 14.3. The summed E-state index contributed by atoms with van der Waals surface area (Å²) in [6.45, 7) is 4.12. The molecule has 0 aromatic heterocycles. The van der Waals surface area contributed by atoms with Gasteiger partial charge in [0.25, 0.3) is 0 Å². The first kappa shape index (κ1) is 18.7. The molecule has 1 atom stereocenters. The molecule has 0 bridgehead atoms. The van der Waals surface area contributed by atoms with Crippen LogP contribution in [-0.4, -0.2) is 58.0 Å². The van der Waals surface area contributed by atoms with Gasteiger partial charge in [0.1, 0.15) is 0 Å². The van der Waals surface area contributed by atoms with Crippen LogP contribution in [0.2, 0.25) is 0 Å². The van der Waals surface area contributed by atoms with Crippen LogP contribution in [0.1, 0.15) is 11.6 Å². The first-order valence-corrected chi connectivity index (χ1v) is 7.47. The van der Waals surface area contributed by atoms with Gasteiger partial charge in [-0.1, -0.05) is 18.2 Å². The van der Waals surface area contributed by atoms with Crippen molar-refractivity contribution >= 4 is 17.5 Å². The van der Waals surface area contributed by atoms with Crippen molar-refractivity contribution in [2.75, 3.05) is 46.2 Å². The minimum absolute atomic E-state index is 0.0117. The molecule has 2 N–H and O–H groups in total. The average molecular weight is 318 g/mol. The maximum absolute atomic E-state index is 11.8. The number of hydrogen-bond acceptors (Lipinski definition) is 4. The Morgan fingerprint density at radius 1 is 1.09 bits per heavy atom. The molecule has 0 aliphatic heterocycles. The van der Waals surface area contributed by atoms with Crippen molar-refractivity contribution in [2.45, 2.75) is 6.04 Å². The second kappa shape index (κ2) is 8.95. The van der Waals surface area contributed by atoms with E-state index in [1.807, 2.05) is 62.3 Å². The Labute approximate surface area is 138 Å². The summed E-state index contributed by atoms with van der Waals surface area (Å²) in [5.41, 5.74) is 2.19. The highest BCUT2D eigenvalue weighted by Crippen LogP contribution is 2.20. The van der Waals surface area contributed by atoms with E-state index < -0.39 is 11.8 Å². The van der Waals surface area contributed by atoms with E-state index in [0.717, 1.165) is 11.3 Å². The minimum atomic E-state index is -0.648. The highest BCUT2D eigenvalue weighted by atomic mass is 16.2. The molecule has 1 aromatic carbocycles. The molecule has 0 saturated heterocycles. The standard InChI is InChI=1S/C17H26N4O2/c1-6-11-18-16(22)17(23)19-12-15(21(4)5)13-7-9-14(10-8-13)20(2)3/h6-10,15H,1,11-12H2,2-5H3,(H,18,22)(H,19,23). The summed E-state index contributed by atoms with van der Waals surface area (Å²) in [4.78, 5) is 27.4. The van der Waals surface area contributed by atoms with Crippen LogP contribution in [0.25, 0.3) is 0 Å². The third kappa shape index (κ3) is 5.75. The van der Waals surface area contributed by atoms with Crippen LogP contribution in [0, 0.1) is 0 Å². The summed E-state index contributed by atoms with van der Waals surface area (Å²) in [7, 11) is 7.85. The number of amides is 2. The van der Waals surface area contributed by atoms with E-state index in [0.29, 0.717) is 6.54 Å². The Kier molecular flexibility index (Phi) is 7.28. The van der Waals surface area contributed by atoms with Gasteiger partial charge >= 0.3 is 11.8 Å². The number of benzene rings is 1. The van der Waals surface area contributed by atoms with E-state index in [4.69, 9.17) is 0 Å². The summed E-state index contributed by atoms with van der Waals surface area (Å²) in [6.07, 6.45) is 1.53. The highest BCUT2D eigenvalue weighted by molar-refractivity contribution is 6.35. The molecule has 0 spiro atoms. The van der Waals surface area contributed by atoms with Crippen molar-refractivity contribution < 1.29 is 9.59 Å². The van der Waals surface area contributed by atoms with Gasteiger partial charge in [-0.05, 0) is 31.8 Å². The van der Waals surface area contributed by atoms with Crippen molar-refractivity contribution in [2.24, 2.45) is 0 Å². The lowest BCUT2D eigenvalue weighted by Gasteiger charge is -2.25. The fourth-order valence-corrected chi connectivity index (χ4v) is 2.11. The maximum Gasteiger partial charge on any atom is 0.309 e. The second-order valence-corrected chi connectivity index (χ2v) is 5.67. The summed E-state index contributed by atoms with van der Waals surface area (Å²) in [6, 6.07) is 8.12. The van der Waals surface area contributed by atoms with Crippen LogP contribution in [0.15, 0.2) is 36.9 Å². The molecular weight excluding hydrogens is 292 g/mol. The summed E-state index contributed by atoms with van der Waals surface area (Å²) in [5.74, 6) is -1.28. The predicted molar refractivity (Wildman–Crippen MR) is 93.4 cm³/mol. The molecule has 0 saturated carbocycles. The van der Waals surface area contributed by atoms with Gasteiger partial charge in [-0.3, -0.25) is 9.59 Å². The van der Waals surface area contributed by atoms with Crippen molar-refractivity contribution in [1.82, 2.24) is 15.5 Å². The van der Waals surface area contributed by atoms with Gasteiger partial charge in [0.2, 0.25) is 0 Å². The molecule has 0 radical (unpaired) electrons. The number of nitrogens with one attached hydrogen (secondary N) is 2. The van der Waals surface area contributed by atoms with Crippen molar-refractivity contribution in [1.29, 1.82) is 0 Å². The number of carbonyl (C=O) groups is 2. The number of carbonyl (C=O) groups excluding carboxylic acids is 2. The van der Waals surface area contributed by atoms with E-state index in [2.05, 4.69) is 17.2 Å². The van der Waals surface area contributed by atoms with E-state index in [9.17, 15) is 9.59 Å². The smallest absolute Gasteiger partial charge is 0.309 e. The van der Waals surface area contributed by atoms with Crippen LogP contribution in [0.3, 0.4) is 0 Å². The predicted octanol–water partition coefficient (Wildman–Crippen LogP) is 0.774. The normalized spacial score (nSPS) is 11.7. The van der Waals surface area contributed by atoms with Crippen molar-refractivity contribution in [3.8, 4) is 0 Å². The zero-order valence-corrected chi connectivity index (χ0v) is 14.3. The van der Waals surface area contributed by atoms with Gasteiger partial charge in [-0.25, -0.2) is 0 Å². The monoisotopic (exact) mass is 318 g/mol. The molecule has 2 amide bonds. The number of hydrogen-bond donors (Lipinski definition) is 2. The first-order valence-electron chi connectivity index (χ1n) is 7.47. The molecule has 23 heavy (non-hydrogen) atoms. The number of anilines is 1. The fraction of sp³-hybridized carbons (Fsp3) is 0.412. The number of likely N-dealkylation sites (N-methyl/N-ethyl adjacent to an activating group) is 1. The van der Waals surface area contributed by atoms with E-state index in [1.54, 1.807) is 0 Å². The Morgan fingerprint density at radius 2 is 1.65 bits per heavy atom. The Bertz CT molecular complexity index is 538. The van der Waals surface area contributed by atoms with E-state index >= 15 is 0 Å². The first-order chi connectivity index (χ1) is 10.9. The van der Waals surface area contributed by atoms with Gasteiger partial charge < -0.3 is 20.4 Å². The third-order valence-electron chi connectivity index (χ3n) is 3.49. The lowest BCUT2D eigenvalue weighted by atomic mass is 10.1. The van der Waals surface area contributed by atoms with Crippen LogP contribution in [0.5, 0.6) is 0 Å². The largest absolute Gasteiger partial charge is 0.378 e. The molecule has 6 nitrogen and oxygen atoms in total. The summed E-state index contributed by atoms with van der Waals surface area (Å²) < 4.78 is 0. The van der Waals surface area contributed by atoms with Crippen molar-refractivity contribution in [3.63, 3.8) is 0 Å². The fourth-order valence-electron chi connectivity index (χ4n) is 2.11. The van der Waals surface area contributed by atoms with Crippen LogP contribution < -0.4 is 15.5 Å². The second-order valence-electron chi connectivity index (χ2n) is 5.67. The highest BCUT2D eigenvalue weighted by Gasteiger charge is 2.18. The molecule has 0 heterocycles. The minimum Gasteiger partial charge on any atom is -0.378 e. The third-order valence-corrected chi connectivity index (χ3v) is 3.49. The van der Waals surface area contributed by atoms with Gasteiger partial charge in [0.15, 0.2) is 0 Å². The zero-order chi connectivity index (χ0) is 17.4. The molecule has 1 unspecified atom stereocenters. The molecule has 126 valence electrons. The summed E-state index contributed by atoms with van der Waals surface area (Å²) in [5, 5.41) is 5.13. The van der Waals surface area contributed by atoms with Crippen molar-refractivity contribution in [3.05, 3.63) is 42.5 Å². The van der Waals surface area contributed by atoms with Crippen LogP contribution in [-0.2, 0) is 9.59 Å². The Hall–Kier alpha value is -2.34. The quantitative estimate of drug-likeness (QED) is 0.576. The molecule has 6 heteroatoms. The van der Waals surface area contributed by atoms with Gasteiger partial charge in [0.05, 0.1) is 6.04 Å². The van der Waals surface area contributed by atoms with E-state index in [-0.39, 0.29) is 12.6 Å². The average Bonchev–Trinajstić information content (AvgIpc) is 2.52. The Balaban J connectivity index is 2.70. The summed E-state index contributed by atoms with van der Waals surface area (Å²) >= 11 is 0. The van der Waals surface area contributed by atoms with Gasteiger partial charge in [-0.2, -0.15) is 0 Å². The number of rotatable bonds is 7. The molecule has 0 aliphatic carbocycles. The van der Waals surface area contributed by atoms with Crippen LogP contribution in [0.4, 0.5) is 5.69 Å². The van der Waals surface area contributed by atoms with Crippen LogP contribution >= 0.6 is 0 Å². The molecule has 0 fully saturated rings. The van der Waals surface area contributed by atoms with E-state index in [1.165, 1.54) is 6.08 Å². The van der Waals surface area contributed by atoms with Gasteiger partial charge in [-0.15, -0.1) is 6.58 Å². The topological polar surface area (TPSA) is 64.7 Å². The maximum atomic E-state index is 11.8. The molecule has 1 aromatic rings. The molecule has 0 aliphatic rings. The van der Waals surface area contributed by atoms with Gasteiger partial charge in [0, 0.05) is 32.9 Å². The SMILES string of the molecule is C=CCNC(=O)C(=O)NCC(c1ccc(N(C)C)cc1)N(C)C. The lowest BCUT2D eigenvalue weighted by Crippen LogP contribution is -2.43.